The first kappa shape index (κ1) is 14.0. The Hall–Kier alpha value is -1.03. The Morgan fingerprint density at radius 1 is 1.47 bits per heavy atom. The maximum atomic E-state index is 13.0. The van der Waals surface area contributed by atoms with Gasteiger partial charge in [0.25, 0.3) is 0 Å². The molecule has 0 saturated carbocycles. The number of nitrogen functional groups attached to an aromatic ring is 1. The highest BCUT2D eigenvalue weighted by atomic mass is 32.2. The standard InChI is InChI=1S/C13H19FN2S/c1-9(2)5-6-17-8-10-3-4-11(14)7-12(10)13(15)16/h3-4,7,9H,5-6,8H2,1-2H3,(H3,15,16). The highest BCUT2D eigenvalue weighted by Crippen LogP contribution is 2.19. The fourth-order valence-electron chi connectivity index (χ4n) is 1.43. The van der Waals surface area contributed by atoms with Crippen LogP contribution in [0.5, 0.6) is 0 Å². The van der Waals surface area contributed by atoms with E-state index in [1.54, 1.807) is 17.8 Å². The molecule has 17 heavy (non-hydrogen) atoms. The molecule has 0 amide bonds. The smallest absolute Gasteiger partial charge is 0.123 e. The molecule has 0 spiro atoms. The Morgan fingerprint density at radius 2 is 2.18 bits per heavy atom. The predicted molar refractivity (Wildman–Crippen MR) is 73.0 cm³/mol. The molecule has 3 N–H and O–H groups in total. The van der Waals surface area contributed by atoms with Crippen molar-refractivity contribution in [2.24, 2.45) is 11.7 Å². The normalized spacial score (nSPS) is 10.8. The highest BCUT2D eigenvalue weighted by molar-refractivity contribution is 7.98. The first-order valence-electron chi connectivity index (χ1n) is 5.71. The van der Waals surface area contributed by atoms with Crippen LogP contribution in [0.25, 0.3) is 0 Å². The SMILES string of the molecule is CC(C)CCSCc1ccc(F)cc1C(=N)N. The van der Waals surface area contributed by atoms with Crippen molar-refractivity contribution in [2.45, 2.75) is 26.0 Å². The van der Waals surface area contributed by atoms with Crippen molar-refractivity contribution >= 4 is 17.6 Å². The molecule has 2 nitrogen and oxygen atoms in total. The van der Waals surface area contributed by atoms with Crippen LogP contribution in [0.15, 0.2) is 18.2 Å². The van der Waals surface area contributed by atoms with Gasteiger partial charge in [-0.05, 0) is 35.8 Å². The summed E-state index contributed by atoms with van der Waals surface area (Å²) in [4.78, 5) is 0. The van der Waals surface area contributed by atoms with Gasteiger partial charge in [0.15, 0.2) is 0 Å². The van der Waals surface area contributed by atoms with E-state index in [-0.39, 0.29) is 11.7 Å². The summed E-state index contributed by atoms with van der Waals surface area (Å²) in [5.74, 6) is 2.15. The van der Waals surface area contributed by atoms with Crippen LogP contribution in [0.3, 0.4) is 0 Å². The Kier molecular flexibility index (Phi) is 5.48. The number of thioether (sulfide) groups is 1. The zero-order valence-corrected chi connectivity index (χ0v) is 11.1. The number of hydrogen-bond acceptors (Lipinski definition) is 2. The quantitative estimate of drug-likeness (QED) is 0.464. The summed E-state index contributed by atoms with van der Waals surface area (Å²) in [6.07, 6.45) is 1.17. The van der Waals surface area contributed by atoms with E-state index in [2.05, 4.69) is 13.8 Å². The second kappa shape index (κ2) is 6.64. The number of nitrogens with two attached hydrogens (primary N) is 1. The van der Waals surface area contributed by atoms with Gasteiger partial charge in [-0.2, -0.15) is 11.8 Å². The number of nitrogens with one attached hydrogen (secondary N) is 1. The minimum atomic E-state index is -0.342. The molecular weight excluding hydrogens is 235 g/mol. The van der Waals surface area contributed by atoms with E-state index in [4.69, 9.17) is 11.1 Å². The summed E-state index contributed by atoms with van der Waals surface area (Å²) in [5, 5.41) is 7.42. The summed E-state index contributed by atoms with van der Waals surface area (Å²) >= 11 is 1.80. The number of amidine groups is 1. The monoisotopic (exact) mass is 254 g/mol. The van der Waals surface area contributed by atoms with Crippen LogP contribution in [-0.4, -0.2) is 11.6 Å². The van der Waals surface area contributed by atoms with Crippen molar-refractivity contribution in [3.63, 3.8) is 0 Å². The van der Waals surface area contributed by atoms with E-state index >= 15 is 0 Å². The second-order valence-corrected chi connectivity index (χ2v) is 5.56. The molecule has 0 unspecified atom stereocenters. The number of hydrogen-bond donors (Lipinski definition) is 2. The van der Waals surface area contributed by atoms with Crippen LogP contribution in [0.4, 0.5) is 4.39 Å². The van der Waals surface area contributed by atoms with Gasteiger partial charge in [-0.1, -0.05) is 19.9 Å². The fourth-order valence-corrected chi connectivity index (χ4v) is 2.68. The lowest BCUT2D eigenvalue weighted by molar-refractivity contribution is 0.627. The van der Waals surface area contributed by atoms with Gasteiger partial charge in [0.2, 0.25) is 0 Å². The topological polar surface area (TPSA) is 49.9 Å². The third kappa shape index (κ3) is 4.77. The van der Waals surface area contributed by atoms with Crippen molar-refractivity contribution < 1.29 is 4.39 Å². The van der Waals surface area contributed by atoms with Gasteiger partial charge in [-0.15, -0.1) is 0 Å². The van der Waals surface area contributed by atoms with E-state index in [0.717, 1.165) is 17.1 Å². The first-order chi connectivity index (χ1) is 8.00. The molecule has 94 valence electrons. The van der Waals surface area contributed by atoms with Gasteiger partial charge >= 0.3 is 0 Å². The molecule has 0 aliphatic heterocycles. The molecule has 0 aliphatic carbocycles. The summed E-state index contributed by atoms with van der Waals surface area (Å²) in [6.45, 7) is 4.39. The van der Waals surface area contributed by atoms with Crippen molar-refractivity contribution in [3.05, 3.63) is 35.1 Å². The third-order valence-electron chi connectivity index (χ3n) is 2.46. The minimum absolute atomic E-state index is 0.0658. The summed E-state index contributed by atoms with van der Waals surface area (Å²) in [6, 6.07) is 4.47. The first-order valence-corrected chi connectivity index (χ1v) is 6.86. The van der Waals surface area contributed by atoms with E-state index in [9.17, 15) is 4.39 Å². The molecular formula is C13H19FN2S. The molecule has 1 aromatic rings. The van der Waals surface area contributed by atoms with Crippen molar-refractivity contribution in [2.75, 3.05) is 5.75 Å². The van der Waals surface area contributed by atoms with E-state index in [0.29, 0.717) is 11.5 Å². The van der Waals surface area contributed by atoms with Gasteiger partial charge in [0.1, 0.15) is 11.7 Å². The van der Waals surface area contributed by atoms with Crippen molar-refractivity contribution in [1.29, 1.82) is 5.41 Å². The minimum Gasteiger partial charge on any atom is -0.384 e. The average molecular weight is 254 g/mol. The molecule has 1 aromatic carbocycles. The molecule has 0 aromatic heterocycles. The van der Waals surface area contributed by atoms with Gasteiger partial charge < -0.3 is 5.73 Å². The highest BCUT2D eigenvalue weighted by Gasteiger charge is 2.07. The van der Waals surface area contributed by atoms with Gasteiger partial charge in [0.05, 0.1) is 0 Å². The predicted octanol–water partition coefficient (Wildman–Crippen LogP) is 3.39. The van der Waals surface area contributed by atoms with E-state index in [1.807, 2.05) is 0 Å². The van der Waals surface area contributed by atoms with Crippen LogP contribution >= 0.6 is 11.8 Å². The van der Waals surface area contributed by atoms with Crippen LogP contribution in [0.2, 0.25) is 0 Å². The lowest BCUT2D eigenvalue weighted by Gasteiger charge is -2.09. The Bertz CT molecular complexity index is 391. The van der Waals surface area contributed by atoms with Crippen LogP contribution in [-0.2, 0) is 5.75 Å². The van der Waals surface area contributed by atoms with E-state index in [1.165, 1.54) is 18.6 Å². The largest absolute Gasteiger partial charge is 0.384 e. The lowest BCUT2D eigenvalue weighted by Crippen LogP contribution is -2.14. The van der Waals surface area contributed by atoms with Gasteiger partial charge in [-0.3, -0.25) is 5.41 Å². The second-order valence-electron chi connectivity index (χ2n) is 4.45. The molecule has 0 fully saturated rings. The van der Waals surface area contributed by atoms with E-state index < -0.39 is 0 Å². The zero-order chi connectivity index (χ0) is 12.8. The van der Waals surface area contributed by atoms with Crippen LogP contribution in [0.1, 0.15) is 31.4 Å². The summed E-state index contributed by atoms with van der Waals surface area (Å²) < 4.78 is 13.0. The molecule has 0 aliphatic rings. The molecule has 4 heteroatoms. The molecule has 0 atom stereocenters. The van der Waals surface area contributed by atoms with Gasteiger partial charge in [-0.25, -0.2) is 4.39 Å². The molecule has 0 heterocycles. The molecule has 0 radical (unpaired) electrons. The molecule has 0 bridgehead atoms. The van der Waals surface area contributed by atoms with Gasteiger partial charge in [0, 0.05) is 11.3 Å². The summed E-state index contributed by atoms with van der Waals surface area (Å²) in [7, 11) is 0. The Balaban J connectivity index is 2.61. The fraction of sp³-hybridized carbons (Fsp3) is 0.462. The van der Waals surface area contributed by atoms with Crippen LogP contribution < -0.4 is 5.73 Å². The third-order valence-corrected chi connectivity index (χ3v) is 3.50. The van der Waals surface area contributed by atoms with Crippen molar-refractivity contribution in [1.82, 2.24) is 0 Å². The average Bonchev–Trinajstić information content (AvgIpc) is 2.25. The maximum absolute atomic E-state index is 13.0. The lowest BCUT2D eigenvalue weighted by atomic mass is 10.1. The summed E-state index contributed by atoms with van der Waals surface area (Å²) in [5.41, 5.74) is 6.90. The molecule has 1 rings (SSSR count). The van der Waals surface area contributed by atoms with Crippen molar-refractivity contribution in [3.8, 4) is 0 Å². The number of rotatable bonds is 6. The number of halogens is 1. The number of benzene rings is 1. The van der Waals surface area contributed by atoms with Crippen LogP contribution in [0, 0.1) is 17.1 Å². The zero-order valence-electron chi connectivity index (χ0n) is 10.3. The Labute approximate surface area is 106 Å². The molecule has 0 saturated heterocycles. The Morgan fingerprint density at radius 3 is 2.76 bits per heavy atom. The maximum Gasteiger partial charge on any atom is 0.123 e.